The van der Waals surface area contributed by atoms with Gasteiger partial charge in [0.1, 0.15) is 17.5 Å². The molecule has 166 valence electrons. The van der Waals surface area contributed by atoms with Crippen molar-refractivity contribution in [2.24, 2.45) is 0 Å². The fourth-order valence-corrected chi connectivity index (χ4v) is 4.21. The SMILES string of the molecule is CCc1cc(C(c2ccc(F)c(Cl)c2)c2nc(S(C)(=O)=O)c(C(F)(F)F)[nH]2)ccc1F. The summed E-state index contributed by atoms with van der Waals surface area (Å²) >= 11 is 5.86. The number of nitrogens with one attached hydrogen (secondary N) is 1. The van der Waals surface area contributed by atoms with E-state index in [1.54, 1.807) is 6.92 Å². The van der Waals surface area contributed by atoms with Crippen LogP contribution in [0, 0.1) is 11.6 Å². The van der Waals surface area contributed by atoms with Gasteiger partial charge in [-0.15, -0.1) is 0 Å². The highest BCUT2D eigenvalue weighted by atomic mass is 35.5. The van der Waals surface area contributed by atoms with Crippen LogP contribution in [0.3, 0.4) is 0 Å². The Hall–Kier alpha value is -2.46. The highest BCUT2D eigenvalue weighted by Gasteiger charge is 2.41. The second-order valence-electron chi connectivity index (χ2n) is 6.88. The molecule has 3 rings (SSSR count). The number of aromatic amines is 1. The van der Waals surface area contributed by atoms with E-state index in [1.165, 1.54) is 24.3 Å². The summed E-state index contributed by atoms with van der Waals surface area (Å²) in [5, 5.41) is -1.45. The summed E-state index contributed by atoms with van der Waals surface area (Å²) in [6.07, 6.45) is -4.11. The van der Waals surface area contributed by atoms with Crippen molar-refractivity contribution < 1.29 is 30.4 Å². The Morgan fingerprint density at radius 1 is 1.06 bits per heavy atom. The van der Waals surface area contributed by atoms with Gasteiger partial charge in [0.05, 0.1) is 10.9 Å². The molecule has 0 spiro atoms. The molecule has 0 saturated heterocycles. The second-order valence-corrected chi connectivity index (χ2v) is 9.22. The van der Waals surface area contributed by atoms with Crippen LogP contribution in [0.2, 0.25) is 5.02 Å². The third-order valence-corrected chi connectivity index (χ3v) is 5.95. The molecular formula is C20H16ClF5N2O2S. The summed E-state index contributed by atoms with van der Waals surface area (Å²) < 4.78 is 92.1. The van der Waals surface area contributed by atoms with E-state index in [9.17, 15) is 30.4 Å². The lowest BCUT2D eigenvalue weighted by molar-refractivity contribution is -0.143. The Labute approximate surface area is 180 Å². The van der Waals surface area contributed by atoms with Crippen molar-refractivity contribution in [3.63, 3.8) is 0 Å². The quantitative estimate of drug-likeness (QED) is 0.492. The fraction of sp³-hybridized carbons (Fsp3) is 0.250. The summed E-state index contributed by atoms with van der Waals surface area (Å²) in [7, 11) is -4.34. The maximum atomic E-state index is 14.0. The Morgan fingerprint density at radius 2 is 1.65 bits per heavy atom. The van der Waals surface area contributed by atoms with E-state index in [0.29, 0.717) is 23.8 Å². The number of benzene rings is 2. The Kier molecular flexibility index (Phi) is 6.16. The number of imidazole rings is 1. The maximum absolute atomic E-state index is 14.0. The average Bonchev–Trinajstić information content (AvgIpc) is 3.12. The largest absolute Gasteiger partial charge is 0.434 e. The Morgan fingerprint density at radius 3 is 2.13 bits per heavy atom. The van der Waals surface area contributed by atoms with E-state index < -0.39 is 44.3 Å². The standard InChI is InChI=1S/C20H16ClF5N2O2S/c1-3-10-8-11(4-6-14(10)22)16(12-5-7-15(23)13(21)9-12)18-27-17(20(24,25)26)19(28-18)31(2,29)30/h4-9,16H,3H2,1-2H3,(H,27,28). The van der Waals surface area contributed by atoms with Crippen LogP contribution in [-0.4, -0.2) is 24.6 Å². The molecule has 1 heterocycles. The molecular weight excluding hydrogens is 463 g/mol. The monoisotopic (exact) mass is 478 g/mol. The number of rotatable bonds is 5. The van der Waals surface area contributed by atoms with E-state index in [2.05, 4.69) is 9.97 Å². The fourth-order valence-electron chi connectivity index (χ4n) is 3.22. The molecule has 0 fully saturated rings. The first kappa shape index (κ1) is 23.2. The molecule has 0 bridgehead atoms. The second kappa shape index (κ2) is 8.23. The average molecular weight is 479 g/mol. The number of hydrogen-bond donors (Lipinski definition) is 1. The van der Waals surface area contributed by atoms with Crippen LogP contribution in [0.4, 0.5) is 22.0 Å². The van der Waals surface area contributed by atoms with Crippen LogP contribution < -0.4 is 0 Å². The van der Waals surface area contributed by atoms with Gasteiger partial charge in [-0.05, 0) is 41.3 Å². The minimum Gasteiger partial charge on any atom is -0.337 e. The molecule has 0 aliphatic carbocycles. The van der Waals surface area contributed by atoms with Crippen LogP contribution in [0.25, 0.3) is 0 Å². The maximum Gasteiger partial charge on any atom is 0.434 e. The molecule has 0 aliphatic rings. The van der Waals surface area contributed by atoms with E-state index in [0.717, 1.165) is 12.1 Å². The molecule has 1 N–H and O–H groups in total. The van der Waals surface area contributed by atoms with Gasteiger partial charge < -0.3 is 4.98 Å². The van der Waals surface area contributed by atoms with Crippen LogP contribution >= 0.6 is 11.6 Å². The van der Waals surface area contributed by atoms with E-state index in [4.69, 9.17) is 11.6 Å². The Balaban J connectivity index is 2.32. The number of aryl methyl sites for hydroxylation is 1. The highest BCUT2D eigenvalue weighted by Crippen LogP contribution is 2.38. The van der Waals surface area contributed by atoms with Gasteiger partial charge in [0.25, 0.3) is 0 Å². The summed E-state index contributed by atoms with van der Waals surface area (Å²) in [6, 6.07) is 7.44. The number of nitrogens with zero attached hydrogens (tertiary/aromatic N) is 1. The molecule has 0 amide bonds. The zero-order chi connectivity index (χ0) is 23.1. The van der Waals surface area contributed by atoms with Crippen molar-refractivity contribution in [1.29, 1.82) is 0 Å². The molecule has 0 saturated carbocycles. The van der Waals surface area contributed by atoms with Gasteiger partial charge in [0.15, 0.2) is 20.6 Å². The van der Waals surface area contributed by atoms with Crippen LogP contribution in [-0.2, 0) is 22.4 Å². The zero-order valence-electron chi connectivity index (χ0n) is 16.2. The van der Waals surface area contributed by atoms with Gasteiger partial charge in [-0.25, -0.2) is 22.2 Å². The summed E-state index contributed by atoms with van der Waals surface area (Å²) in [4.78, 5) is 5.80. The molecule has 1 atom stereocenters. The summed E-state index contributed by atoms with van der Waals surface area (Å²) in [6.45, 7) is 1.70. The van der Waals surface area contributed by atoms with Gasteiger partial charge in [-0.3, -0.25) is 0 Å². The van der Waals surface area contributed by atoms with Gasteiger partial charge in [0.2, 0.25) is 0 Å². The molecule has 3 aromatic rings. The molecule has 0 aliphatic heterocycles. The van der Waals surface area contributed by atoms with E-state index in [1.807, 2.05) is 0 Å². The molecule has 1 unspecified atom stereocenters. The zero-order valence-corrected chi connectivity index (χ0v) is 17.8. The van der Waals surface area contributed by atoms with Crippen molar-refractivity contribution >= 4 is 21.4 Å². The van der Waals surface area contributed by atoms with Crippen molar-refractivity contribution in [1.82, 2.24) is 9.97 Å². The minimum atomic E-state index is -5.02. The first-order valence-corrected chi connectivity index (χ1v) is 11.2. The van der Waals surface area contributed by atoms with Crippen molar-refractivity contribution in [3.8, 4) is 0 Å². The van der Waals surface area contributed by atoms with Gasteiger partial charge >= 0.3 is 6.18 Å². The highest BCUT2D eigenvalue weighted by molar-refractivity contribution is 7.90. The van der Waals surface area contributed by atoms with Crippen molar-refractivity contribution in [3.05, 3.63) is 81.3 Å². The predicted molar refractivity (Wildman–Crippen MR) is 105 cm³/mol. The number of alkyl halides is 3. The lowest BCUT2D eigenvalue weighted by Crippen LogP contribution is -2.12. The smallest absolute Gasteiger partial charge is 0.337 e. The Bertz CT molecular complexity index is 1240. The first-order chi connectivity index (χ1) is 14.3. The predicted octanol–water partition coefficient (Wildman–Crippen LogP) is 5.51. The minimum absolute atomic E-state index is 0.239. The molecule has 1 aromatic heterocycles. The van der Waals surface area contributed by atoms with Gasteiger partial charge in [-0.1, -0.05) is 36.7 Å². The summed E-state index contributed by atoms with van der Waals surface area (Å²) in [5.74, 6) is -2.70. The lowest BCUT2D eigenvalue weighted by Gasteiger charge is -2.18. The third-order valence-electron chi connectivity index (χ3n) is 4.66. The molecule has 31 heavy (non-hydrogen) atoms. The van der Waals surface area contributed by atoms with Crippen LogP contribution in [0.15, 0.2) is 41.4 Å². The number of halogens is 6. The lowest BCUT2D eigenvalue weighted by atomic mass is 9.89. The molecule has 2 aromatic carbocycles. The van der Waals surface area contributed by atoms with Gasteiger partial charge in [0, 0.05) is 6.26 Å². The number of H-pyrrole nitrogens is 1. The molecule has 4 nitrogen and oxygen atoms in total. The number of aromatic nitrogens is 2. The topological polar surface area (TPSA) is 62.8 Å². The van der Waals surface area contributed by atoms with Crippen molar-refractivity contribution in [2.45, 2.75) is 30.5 Å². The first-order valence-electron chi connectivity index (χ1n) is 8.93. The summed E-state index contributed by atoms with van der Waals surface area (Å²) in [5.41, 5.74) is -0.672. The molecule has 11 heteroatoms. The third kappa shape index (κ3) is 4.74. The van der Waals surface area contributed by atoms with E-state index >= 15 is 0 Å². The van der Waals surface area contributed by atoms with Gasteiger partial charge in [-0.2, -0.15) is 13.2 Å². The number of hydrogen-bond acceptors (Lipinski definition) is 3. The van der Waals surface area contributed by atoms with E-state index in [-0.39, 0.29) is 16.4 Å². The van der Waals surface area contributed by atoms with Crippen LogP contribution in [0.5, 0.6) is 0 Å². The molecule has 0 radical (unpaired) electrons. The van der Waals surface area contributed by atoms with Crippen molar-refractivity contribution in [2.75, 3.05) is 6.26 Å². The number of sulfone groups is 1. The normalized spacial score (nSPS) is 13.4. The van der Waals surface area contributed by atoms with Crippen LogP contribution in [0.1, 0.15) is 41.1 Å².